The summed E-state index contributed by atoms with van der Waals surface area (Å²) >= 11 is 0. The SMILES string of the molecule is O=C(N/N=C\c1ccccc1C(F)(F)F)c1ccc(CN2CCN(c3ccccc3)CC2)cc1. The lowest BCUT2D eigenvalue weighted by atomic mass is 10.1. The first-order valence-electron chi connectivity index (χ1n) is 11.0. The van der Waals surface area contributed by atoms with Crippen LogP contribution >= 0.6 is 0 Å². The standard InChI is InChI=1S/C26H25F3N4O/c27-26(28,29)24-9-5-4-6-22(24)18-30-31-25(34)21-12-10-20(11-13-21)19-32-14-16-33(17-15-32)23-7-2-1-3-8-23/h1-13,18H,14-17,19H2,(H,31,34)/b30-18-. The Balaban J connectivity index is 1.28. The van der Waals surface area contributed by atoms with Gasteiger partial charge in [0.05, 0.1) is 11.8 Å². The number of alkyl halides is 3. The third kappa shape index (κ3) is 6.02. The molecule has 1 amide bonds. The van der Waals surface area contributed by atoms with Crippen molar-refractivity contribution < 1.29 is 18.0 Å². The number of hydrazone groups is 1. The topological polar surface area (TPSA) is 47.9 Å². The van der Waals surface area contributed by atoms with Gasteiger partial charge in [-0.15, -0.1) is 0 Å². The highest BCUT2D eigenvalue weighted by molar-refractivity contribution is 5.95. The summed E-state index contributed by atoms with van der Waals surface area (Å²) in [5, 5.41) is 3.70. The van der Waals surface area contributed by atoms with Gasteiger partial charge in [-0.2, -0.15) is 18.3 Å². The first kappa shape index (κ1) is 23.5. The van der Waals surface area contributed by atoms with E-state index in [1.165, 1.54) is 23.9 Å². The Labute approximate surface area is 196 Å². The van der Waals surface area contributed by atoms with Crippen LogP contribution in [-0.2, 0) is 12.7 Å². The lowest BCUT2D eigenvalue weighted by Gasteiger charge is -2.36. The molecule has 8 heteroatoms. The largest absolute Gasteiger partial charge is 0.417 e. The number of hydrogen-bond acceptors (Lipinski definition) is 4. The average molecular weight is 467 g/mol. The van der Waals surface area contributed by atoms with Gasteiger partial charge in [0, 0.05) is 49.5 Å². The summed E-state index contributed by atoms with van der Waals surface area (Å²) in [6, 6.07) is 22.6. The summed E-state index contributed by atoms with van der Waals surface area (Å²) in [6.45, 7) is 4.60. The highest BCUT2D eigenvalue weighted by atomic mass is 19.4. The van der Waals surface area contributed by atoms with E-state index >= 15 is 0 Å². The van der Waals surface area contributed by atoms with Crippen molar-refractivity contribution in [1.29, 1.82) is 0 Å². The molecule has 0 atom stereocenters. The van der Waals surface area contributed by atoms with Crippen LogP contribution in [-0.4, -0.2) is 43.2 Å². The summed E-state index contributed by atoms with van der Waals surface area (Å²) in [5.74, 6) is -0.483. The van der Waals surface area contributed by atoms with Crippen LogP contribution < -0.4 is 10.3 Å². The summed E-state index contributed by atoms with van der Waals surface area (Å²) < 4.78 is 39.1. The normalized spacial score (nSPS) is 15.0. The van der Waals surface area contributed by atoms with Crippen LogP contribution in [0.1, 0.15) is 27.0 Å². The zero-order valence-electron chi connectivity index (χ0n) is 18.5. The fraction of sp³-hybridized carbons (Fsp3) is 0.231. The molecular weight excluding hydrogens is 441 g/mol. The van der Waals surface area contributed by atoms with E-state index in [-0.39, 0.29) is 5.56 Å². The lowest BCUT2D eigenvalue weighted by Crippen LogP contribution is -2.45. The van der Waals surface area contributed by atoms with Crippen LogP contribution in [0.3, 0.4) is 0 Å². The van der Waals surface area contributed by atoms with Crippen molar-refractivity contribution in [1.82, 2.24) is 10.3 Å². The van der Waals surface area contributed by atoms with Gasteiger partial charge in [-0.3, -0.25) is 9.69 Å². The van der Waals surface area contributed by atoms with Crippen LogP contribution in [0.25, 0.3) is 0 Å². The van der Waals surface area contributed by atoms with Crippen molar-refractivity contribution >= 4 is 17.8 Å². The quantitative estimate of drug-likeness (QED) is 0.420. The molecule has 3 aromatic carbocycles. The number of hydrogen-bond donors (Lipinski definition) is 1. The molecule has 0 bridgehead atoms. The second kappa shape index (κ2) is 10.5. The summed E-state index contributed by atoms with van der Waals surface area (Å²) in [4.78, 5) is 17.1. The number of amides is 1. The lowest BCUT2D eigenvalue weighted by molar-refractivity contribution is -0.137. The maximum atomic E-state index is 13.0. The average Bonchev–Trinajstić information content (AvgIpc) is 2.85. The smallest absolute Gasteiger partial charge is 0.369 e. The molecule has 176 valence electrons. The maximum absolute atomic E-state index is 13.0. The van der Waals surface area contributed by atoms with Crippen LogP contribution in [0.5, 0.6) is 0 Å². The molecular formula is C26H25F3N4O. The van der Waals surface area contributed by atoms with E-state index in [9.17, 15) is 18.0 Å². The van der Waals surface area contributed by atoms with Gasteiger partial charge in [0.1, 0.15) is 0 Å². The molecule has 4 rings (SSSR count). The molecule has 1 N–H and O–H groups in total. The fourth-order valence-corrected chi connectivity index (χ4v) is 3.92. The Bertz CT molecular complexity index is 1120. The minimum Gasteiger partial charge on any atom is -0.369 e. The van der Waals surface area contributed by atoms with Crippen LogP contribution in [0.15, 0.2) is 84.0 Å². The van der Waals surface area contributed by atoms with E-state index in [1.54, 1.807) is 12.1 Å². The Kier molecular flexibility index (Phi) is 7.27. The van der Waals surface area contributed by atoms with Gasteiger partial charge in [0.2, 0.25) is 0 Å². The van der Waals surface area contributed by atoms with E-state index in [0.29, 0.717) is 5.56 Å². The molecule has 0 aliphatic carbocycles. The molecule has 3 aromatic rings. The zero-order valence-corrected chi connectivity index (χ0v) is 18.5. The van der Waals surface area contributed by atoms with Gasteiger partial charge in [-0.1, -0.05) is 48.5 Å². The van der Waals surface area contributed by atoms with Crippen molar-refractivity contribution in [3.63, 3.8) is 0 Å². The number of nitrogens with one attached hydrogen (secondary N) is 1. The number of anilines is 1. The number of carbonyl (C=O) groups is 1. The van der Waals surface area contributed by atoms with Gasteiger partial charge >= 0.3 is 6.18 Å². The molecule has 0 unspecified atom stereocenters. The Morgan fingerprint density at radius 1 is 0.882 bits per heavy atom. The highest BCUT2D eigenvalue weighted by Crippen LogP contribution is 2.31. The molecule has 34 heavy (non-hydrogen) atoms. The predicted octanol–water partition coefficient (Wildman–Crippen LogP) is 4.79. The minimum absolute atomic E-state index is 0.113. The number of piperazine rings is 1. The first-order valence-corrected chi connectivity index (χ1v) is 11.0. The second-order valence-corrected chi connectivity index (χ2v) is 8.08. The molecule has 1 aliphatic rings. The highest BCUT2D eigenvalue weighted by Gasteiger charge is 2.32. The van der Waals surface area contributed by atoms with E-state index < -0.39 is 17.6 Å². The van der Waals surface area contributed by atoms with E-state index in [2.05, 4.69) is 32.5 Å². The van der Waals surface area contributed by atoms with Crippen LogP contribution in [0, 0.1) is 0 Å². The van der Waals surface area contributed by atoms with Gasteiger partial charge in [0.25, 0.3) is 5.91 Å². The minimum atomic E-state index is -4.49. The summed E-state index contributed by atoms with van der Waals surface area (Å²) in [5.41, 5.74) is 4.09. The van der Waals surface area contributed by atoms with Crippen LogP contribution in [0.2, 0.25) is 0 Å². The number of carbonyl (C=O) groups excluding carboxylic acids is 1. The van der Waals surface area contributed by atoms with Gasteiger partial charge in [-0.25, -0.2) is 5.43 Å². The number of benzene rings is 3. The van der Waals surface area contributed by atoms with E-state index in [0.717, 1.165) is 50.6 Å². The number of para-hydroxylation sites is 1. The maximum Gasteiger partial charge on any atom is 0.417 e. The predicted molar refractivity (Wildman–Crippen MR) is 127 cm³/mol. The Morgan fingerprint density at radius 2 is 1.53 bits per heavy atom. The van der Waals surface area contributed by atoms with Crippen molar-refractivity contribution in [2.24, 2.45) is 5.10 Å². The molecule has 1 heterocycles. The molecule has 1 aliphatic heterocycles. The zero-order chi connectivity index (χ0) is 24.0. The van der Waals surface area contributed by atoms with Crippen molar-refractivity contribution in [2.45, 2.75) is 12.7 Å². The number of halogens is 3. The molecule has 0 radical (unpaired) electrons. The van der Waals surface area contributed by atoms with Gasteiger partial charge in [0.15, 0.2) is 0 Å². The van der Waals surface area contributed by atoms with Crippen molar-refractivity contribution in [3.8, 4) is 0 Å². The third-order valence-electron chi connectivity index (χ3n) is 5.75. The van der Waals surface area contributed by atoms with Crippen molar-refractivity contribution in [3.05, 3.63) is 101 Å². The Morgan fingerprint density at radius 3 is 2.21 bits per heavy atom. The van der Waals surface area contributed by atoms with Gasteiger partial charge in [-0.05, 0) is 35.9 Å². The summed E-state index contributed by atoms with van der Waals surface area (Å²) in [7, 11) is 0. The Hall–Kier alpha value is -3.65. The van der Waals surface area contributed by atoms with Gasteiger partial charge < -0.3 is 4.90 Å². The monoisotopic (exact) mass is 466 g/mol. The third-order valence-corrected chi connectivity index (χ3v) is 5.75. The molecule has 5 nitrogen and oxygen atoms in total. The van der Waals surface area contributed by atoms with E-state index in [1.807, 2.05) is 30.3 Å². The van der Waals surface area contributed by atoms with Crippen LogP contribution in [0.4, 0.5) is 18.9 Å². The van der Waals surface area contributed by atoms with Crippen molar-refractivity contribution in [2.75, 3.05) is 31.1 Å². The molecule has 0 saturated carbocycles. The number of nitrogens with zero attached hydrogens (tertiary/aromatic N) is 3. The molecule has 0 spiro atoms. The summed E-state index contributed by atoms with van der Waals surface area (Å²) in [6.07, 6.45) is -3.49. The van der Waals surface area contributed by atoms with E-state index in [4.69, 9.17) is 0 Å². The molecule has 1 saturated heterocycles. The molecule has 0 aromatic heterocycles. The number of rotatable bonds is 6. The first-order chi connectivity index (χ1) is 16.4. The fourth-order valence-electron chi connectivity index (χ4n) is 3.92. The molecule has 1 fully saturated rings. The second-order valence-electron chi connectivity index (χ2n) is 8.08.